The molecule has 0 aliphatic rings. The molecule has 1 atom stereocenters. The Labute approximate surface area is 97.7 Å². The molecule has 0 aromatic carbocycles. The summed E-state index contributed by atoms with van der Waals surface area (Å²) in [7, 11) is 0. The van der Waals surface area contributed by atoms with Gasteiger partial charge in [-0.3, -0.25) is 0 Å². The zero-order valence-corrected chi connectivity index (χ0v) is 10.9. The Morgan fingerprint density at radius 2 is 2.07 bits per heavy atom. The van der Waals surface area contributed by atoms with Gasteiger partial charge in [0.15, 0.2) is 4.77 Å². The molecule has 1 rings (SSSR count). The highest BCUT2D eigenvalue weighted by molar-refractivity contribution is 7.71. The summed E-state index contributed by atoms with van der Waals surface area (Å²) in [5.41, 5.74) is 1.16. The molecule has 1 aromatic heterocycles. The van der Waals surface area contributed by atoms with Crippen LogP contribution in [0.25, 0.3) is 0 Å². The van der Waals surface area contributed by atoms with Crippen molar-refractivity contribution in [3.8, 4) is 0 Å². The van der Waals surface area contributed by atoms with Gasteiger partial charge in [-0.2, -0.15) is 0 Å². The van der Waals surface area contributed by atoms with E-state index < -0.39 is 0 Å². The van der Waals surface area contributed by atoms with E-state index in [-0.39, 0.29) is 0 Å². The van der Waals surface area contributed by atoms with E-state index in [0.717, 1.165) is 10.5 Å². The van der Waals surface area contributed by atoms with Crippen LogP contribution in [-0.2, 0) is 0 Å². The number of H-pyrrole nitrogens is 1. The maximum absolute atomic E-state index is 5.32. The maximum atomic E-state index is 5.32. The van der Waals surface area contributed by atoms with Gasteiger partial charge in [-0.05, 0) is 32.0 Å². The number of aromatic nitrogens is 2. The van der Waals surface area contributed by atoms with Gasteiger partial charge in [0.1, 0.15) is 0 Å². The third kappa shape index (κ3) is 3.49. The van der Waals surface area contributed by atoms with Gasteiger partial charge in [0.2, 0.25) is 0 Å². The van der Waals surface area contributed by atoms with Crippen molar-refractivity contribution in [3.05, 3.63) is 16.7 Å². The third-order valence-corrected chi connectivity index (χ3v) is 3.09. The second kappa shape index (κ2) is 6.11. The Morgan fingerprint density at radius 1 is 1.33 bits per heavy atom. The molecule has 0 radical (unpaired) electrons. The van der Waals surface area contributed by atoms with Crippen molar-refractivity contribution in [2.45, 2.75) is 58.9 Å². The lowest BCUT2D eigenvalue weighted by Crippen LogP contribution is -2.08. The molecule has 0 aliphatic carbocycles. The van der Waals surface area contributed by atoms with E-state index in [1.54, 1.807) is 0 Å². The summed E-state index contributed by atoms with van der Waals surface area (Å²) in [5, 5.41) is 0. The second-order valence-corrected chi connectivity index (χ2v) is 4.62. The highest BCUT2D eigenvalue weighted by atomic mass is 32.1. The summed E-state index contributed by atoms with van der Waals surface area (Å²) in [5.74, 6) is 0. The van der Waals surface area contributed by atoms with Crippen LogP contribution in [-0.4, -0.2) is 9.55 Å². The van der Waals surface area contributed by atoms with E-state index in [1.807, 2.05) is 0 Å². The largest absolute Gasteiger partial charge is 0.335 e. The molecule has 0 fully saturated rings. The lowest BCUT2D eigenvalue weighted by molar-refractivity contribution is 0.413. The smallest absolute Gasteiger partial charge is 0.177 e. The van der Waals surface area contributed by atoms with Crippen LogP contribution in [0.15, 0.2) is 6.20 Å². The summed E-state index contributed by atoms with van der Waals surface area (Å²) in [6, 6.07) is 0.590. The zero-order valence-electron chi connectivity index (χ0n) is 10.0. The maximum Gasteiger partial charge on any atom is 0.177 e. The molecule has 0 saturated carbocycles. The molecular formula is C12H22N2S. The molecule has 1 heterocycles. The average molecular weight is 226 g/mol. The SMILES string of the molecule is CCCCC(CCC)n1cc(C)[nH]c1=S. The molecule has 3 heteroatoms. The summed E-state index contributed by atoms with van der Waals surface area (Å²) < 4.78 is 3.12. The van der Waals surface area contributed by atoms with Crippen molar-refractivity contribution in [2.24, 2.45) is 0 Å². The highest BCUT2D eigenvalue weighted by Gasteiger charge is 2.10. The molecule has 86 valence electrons. The Balaban J connectivity index is 2.78. The van der Waals surface area contributed by atoms with Crippen molar-refractivity contribution in [1.29, 1.82) is 0 Å². The number of nitrogens with one attached hydrogen (secondary N) is 1. The normalized spacial score (nSPS) is 13.0. The van der Waals surface area contributed by atoms with Crippen molar-refractivity contribution >= 4 is 12.2 Å². The monoisotopic (exact) mass is 226 g/mol. The minimum atomic E-state index is 0.590. The molecule has 1 N–H and O–H groups in total. The van der Waals surface area contributed by atoms with Crippen molar-refractivity contribution in [2.75, 3.05) is 0 Å². The van der Waals surface area contributed by atoms with E-state index in [1.165, 1.54) is 32.1 Å². The molecule has 0 amide bonds. The van der Waals surface area contributed by atoms with Gasteiger partial charge in [0.25, 0.3) is 0 Å². The predicted molar refractivity (Wildman–Crippen MR) is 67.8 cm³/mol. The van der Waals surface area contributed by atoms with Crippen LogP contribution < -0.4 is 0 Å². The van der Waals surface area contributed by atoms with Crippen molar-refractivity contribution < 1.29 is 0 Å². The molecule has 15 heavy (non-hydrogen) atoms. The van der Waals surface area contributed by atoms with Gasteiger partial charge in [-0.15, -0.1) is 0 Å². The Morgan fingerprint density at radius 3 is 2.53 bits per heavy atom. The molecule has 0 bridgehead atoms. The van der Waals surface area contributed by atoms with Crippen LogP contribution in [0.4, 0.5) is 0 Å². The number of imidazole rings is 1. The topological polar surface area (TPSA) is 20.7 Å². The van der Waals surface area contributed by atoms with Gasteiger partial charge in [-0.25, -0.2) is 0 Å². The molecule has 1 unspecified atom stereocenters. The number of hydrogen-bond acceptors (Lipinski definition) is 1. The number of rotatable bonds is 6. The molecule has 0 saturated heterocycles. The Kier molecular flexibility index (Phi) is 5.09. The fourth-order valence-electron chi connectivity index (χ4n) is 2.00. The van der Waals surface area contributed by atoms with Crippen LogP contribution in [0.3, 0.4) is 0 Å². The van der Waals surface area contributed by atoms with Crippen LogP contribution in [0, 0.1) is 11.7 Å². The van der Waals surface area contributed by atoms with Gasteiger partial charge >= 0.3 is 0 Å². The first-order chi connectivity index (χ1) is 7.19. The first kappa shape index (κ1) is 12.5. The van der Waals surface area contributed by atoms with Gasteiger partial charge < -0.3 is 9.55 Å². The molecule has 2 nitrogen and oxygen atoms in total. The van der Waals surface area contributed by atoms with E-state index in [4.69, 9.17) is 12.2 Å². The van der Waals surface area contributed by atoms with Crippen molar-refractivity contribution in [3.63, 3.8) is 0 Å². The van der Waals surface area contributed by atoms with E-state index in [0.29, 0.717) is 6.04 Å². The van der Waals surface area contributed by atoms with Crippen LogP contribution in [0.2, 0.25) is 0 Å². The standard InChI is InChI=1S/C12H22N2S/c1-4-6-8-11(7-5-2)14-9-10(3)13-12(14)15/h9,11H,4-8H2,1-3H3,(H,13,15). The lowest BCUT2D eigenvalue weighted by Gasteiger charge is -2.17. The van der Waals surface area contributed by atoms with E-state index in [9.17, 15) is 0 Å². The minimum absolute atomic E-state index is 0.590. The number of unbranched alkanes of at least 4 members (excludes halogenated alkanes) is 1. The highest BCUT2D eigenvalue weighted by Crippen LogP contribution is 2.21. The van der Waals surface area contributed by atoms with Gasteiger partial charge in [0, 0.05) is 17.9 Å². The number of aromatic amines is 1. The fraction of sp³-hybridized carbons (Fsp3) is 0.750. The minimum Gasteiger partial charge on any atom is -0.335 e. The lowest BCUT2D eigenvalue weighted by atomic mass is 10.1. The number of aryl methyl sites for hydroxylation is 1. The third-order valence-electron chi connectivity index (χ3n) is 2.78. The molecular weight excluding hydrogens is 204 g/mol. The quantitative estimate of drug-likeness (QED) is 0.714. The molecule has 0 aliphatic heterocycles. The van der Waals surface area contributed by atoms with E-state index in [2.05, 4.69) is 36.5 Å². The van der Waals surface area contributed by atoms with Crippen LogP contribution in [0.5, 0.6) is 0 Å². The van der Waals surface area contributed by atoms with Crippen molar-refractivity contribution in [1.82, 2.24) is 9.55 Å². The first-order valence-corrected chi connectivity index (χ1v) is 6.37. The Bertz CT molecular complexity index is 338. The molecule has 0 spiro atoms. The van der Waals surface area contributed by atoms with Crippen LogP contribution >= 0.6 is 12.2 Å². The van der Waals surface area contributed by atoms with E-state index >= 15 is 0 Å². The second-order valence-electron chi connectivity index (χ2n) is 4.23. The zero-order chi connectivity index (χ0) is 11.3. The first-order valence-electron chi connectivity index (χ1n) is 5.96. The average Bonchev–Trinajstić information content (AvgIpc) is 2.52. The summed E-state index contributed by atoms with van der Waals surface area (Å²) in [6.45, 7) is 6.54. The molecule has 1 aromatic rings. The summed E-state index contributed by atoms with van der Waals surface area (Å²) >= 11 is 5.32. The van der Waals surface area contributed by atoms with Crippen LogP contribution in [0.1, 0.15) is 57.7 Å². The number of hydrogen-bond donors (Lipinski definition) is 1. The predicted octanol–water partition coefficient (Wildman–Crippen LogP) is 4.39. The number of nitrogens with zero attached hydrogens (tertiary/aromatic N) is 1. The van der Waals surface area contributed by atoms with Gasteiger partial charge in [0.05, 0.1) is 0 Å². The Hall–Kier alpha value is -0.570. The van der Waals surface area contributed by atoms with Gasteiger partial charge in [-0.1, -0.05) is 33.1 Å². The summed E-state index contributed by atoms with van der Waals surface area (Å²) in [6.07, 6.45) is 8.40. The fourth-order valence-corrected chi connectivity index (χ4v) is 2.36. The summed E-state index contributed by atoms with van der Waals surface area (Å²) in [4.78, 5) is 3.20.